The number of esters is 2. The number of methoxy groups -OCH3 is 2. The number of fused-ring (bicyclic) bond motifs is 2. The maximum atomic E-state index is 12.2. The molecule has 0 heterocycles. The smallest absolute Gasteiger partial charge is 0.309 e. The van der Waals surface area contributed by atoms with E-state index in [0.29, 0.717) is 18.3 Å². The molecule has 0 bridgehead atoms. The first-order chi connectivity index (χ1) is 10.2. The average molecular weight is 292 g/mol. The van der Waals surface area contributed by atoms with Crippen LogP contribution in [-0.4, -0.2) is 26.2 Å². The summed E-state index contributed by atoms with van der Waals surface area (Å²) in [5.41, 5.74) is 2.94. The summed E-state index contributed by atoms with van der Waals surface area (Å²) in [5.74, 6) is -0.0717. The van der Waals surface area contributed by atoms with Crippen LogP contribution in [0.1, 0.15) is 44.9 Å². The van der Waals surface area contributed by atoms with Gasteiger partial charge in [0, 0.05) is 0 Å². The van der Waals surface area contributed by atoms with Crippen molar-refractivity contribution in [3.63, 3.8) is 0 Å². The van der Waals surface area contributed by atoms with Crippen LogP contribution in [0.15, 0.2) is 11.1 Å². The van der Waals surface area contributed by atoms with Crippen LogP contribution in [0.3, 0.4) is 0 Å². The molecule has 116 valence electrons. The predicted octanol–water partition coefficient (Wildman–Crippen LogP) is 2.87. The molecule has 4 nitrogen and oxygen atoms in total. The summed E-state index contributed by atoms with van der Waals surface area (Å²) < 4.78 is 10.0. The van der Waals surface area contributed by atoms with Crippen molar-refractivity contribution in [2.24, 2.45) is 23.7 Å². The van der Waals surface area contributed by atoms with E-state index in [1.807, 2.05) is 0 Å². The lowest BCUT2D eigenvalue weighted by Crippen LogP contribution is -2.30. The summed E-state index contributed by atoms with van der Waals surface area (Å²) in [7, 11) is 2.89. The minimum Gasteiger partial charge on any atom is -0.469 e. The summed E-state index contributed by atoms with van der Waals surface area (Å²) in [6, 6.07) is 0. The molecule has 0 saturated heterocycles. The Balaban J connectivity index is 2.01. The van der Waals surface area contributed by atoms with E-state index < -0.39 is 0 Å². The van der Waals surface area contributed by atoms with E-state index in [1.54, 1.807) is 0 Å². The highest BCUT2D eigenvalue weighted by Crippen LogP contribution is 2.52. The summed E-state index contributed by atoms with van der Waals surface area (Å²) in [5, 5.41) is 0. The summed E-state index contributed by atoms with van der Waals surface area (Å²) in [4.78, 5) is 24.5. The molecule has 3 rings (SSSR count). The standard InChI is InChI=1S/C17H24O4/c1-20-16(18)14-9-15(17(19)21-2)13-8-4-6-11(13)10-5-3-7-12(10)14/h12-15H,3-9H2,1-2H3/t12-,13+,14-,15+. The van der Waals surface area contributed by atoms with Crippen LogP contribution in [0.25, 0.3) is 0 Å². The van der Waals surface area contributed by atoms with Gasteiger partial charge in [0.25, 0.3) is 0 Å². The summed E-state index contributed by atoms with van der Waals surface area (Å²) in [6.45, 7) is 0. The lowest BCUT2D eigenvalue weighted by molar-refractivity contribution is -0.151. The Kier molecular flexibility index (Phi) is 4.05. The molecule has 3 aliphatic carbocycles. The SMILES string of the molecule is COC(=O)[C@H]1C[C@@H](C(=O)OC)[C@@H]2CCCC2=C2CCC[C@@H]21. The van der Waals surface area contributed by atoms with Gasteiger partial charge in [-0.15, -0.1) is 0 Å². The third kappa shape index (κ3) is 2.39. The first-order valence-electron chi connectivity index (χ1n) is 8.04. The number of hydrogen-bond donors (Lipinski definition) is 0. The number of allylic oxidation sites excluding steroid dienone is 2. The van der Waals surface area contributed by atoms with Gasteiger partial charge in [-0.3, -0.25) is 9.59 Å². The van der Waals surface area contributed by atoms with E-state index in [0.717, 1.165) is 38.5 Å². The molecule has 0 aromatic rings. The highest BCUT2D eigenvalue weighted by Gasteiger charge is 2.47. The summed E-state index contributed by atoms with van der Waals surface area (Å²) in [6.07, 6.45) is 7.20. The molecule has 0 spiro atoms. The van der Waals surface area contributed by atoms with Crippen LogP contribution in [-0.2, 0) is 19.1 Å². The molecule has 0 aliphatic heterocycles. The highest BCUT2D eigenvalue weighted by molar-refractivity contribution is 5.78. The number of carbonyl (C=O) groups excluding carboxylic acids is 2. The maximum absolute atomic E-state index is 12.2. The van der Waals surface area contributed by atoms with Crippen molar-refractivity contribution in [1.82, 2.24) is 0 Å². The van der Waals surface area contributed by atoms with Crippen molar-refractivity contribution in [1.29, 1.82) is 0 Å². The topological polar surface area (TPSA) is 52.6 Å². The molecule has 0 aromatic heterocycles. The van der Waals surface area contributed by atoms with E-state index in [1.165, 1.54) is 25.4 Å². The quantitative estimate of drug-likeness (QED) is 0.580. The fourth-order valence-electron chi connectivity index (χ4n) is 4.86. The van der Waals surface area contributed by atoms with Crippen LogP contribution >= 0.6 is 0 Å². The van der Waals surface area contributed by atoms with Gasteiger partial charge < -0.3 is 9.47 Å². The van der Waals surface area contributed by atoms with E-state index >= 15 is 0 Å². The van der Waals surface area contributed by atoms with Crippen molar-refractivity contribution in [2.45, 2.75) is 44.9 Å². The van der Waals surface area contributed by atoms with Crippen LogP contribution < -0.4 is 0 Å². The van der Waals surface area contributed by atoms with Gasteiger partial charge in [-0.25, -0.2) is 0 Å². The average Bonchev–Trinajstić information content (AvgIpc) is 3.13. The Morgan fingerprint density at radius 2 is 1.29 bits per heavy atom. The molecule has 0 amide bonds. The van der Waals surface area contributed by atoms with Gasteiger partial charge in [0.15, 0.2) is 0 Å². The van der Waals surface area contributed by atoms with E-state index in [-0.39, 0.29) is 23.8 Å². The Bertz CT molecular complexity index is 437. The predicted molar refractivity (Wildman–Crippen MR) is 77.3 cm³/mol. The number of rotatable bonds is 2. The van der Waals surface area contributed by atoms with Gasteiger partial charge in [-0.05, 0) is 56.8 Å². The number of ether oxygens (including phenoxy) is 2. The van der Waals surface area contributed by atoms with Crippen molar-refractivity contribution in [3.05, 3.63) is 11.1 Å². The van der Waals surface area contributed by atoms with Crippen LogP contribution in [0.5, 0.6) is 0 Å². The van der Waals surface area contributed by atoms with Crippen LogP contribution in [0.4, 0.5) is 0 Å². The van der Waals surface area contributed by atoms with Crippen molar-refractivity contribution in [3.8, 4) is 0 Å². The van der Waals surface area contributed by atoms with Gasteiger partial charge in [0.1, 0.15) is 0 Å². The second-order valence-corrected chi connectivity index (χ2v) is 6.54. The molecule has 0 N–H and O–H groups in total. The van der Waals surface area contributed by atoms with Gasteiger partial charge in [-0.1, -0.05) is 11.1 Å². The summed E-state index contributed by atoms with van der Waals surface area (Å²) >= 11 is 0. The monoisotopic (exact) mass is 292 g/mol. The Hall–Kier alpha value is -1.32. The molecule has 21 heavy (non-hydrogen) atoms. The molecular weight excluding hydrogens is 268 g/mol. The van der Waals surface area contributed by atoms with Gasteiger partial charge in [-0.2, -0.15) is 0 Å². The minimum atomic E-state index is -0.172. The third-order valence-electron chi connectivity index (χ3n) is 5.72. The van der Waals surface area contributed by atoms with E-state index in [9.17, 15) is 9.59 Å². The highest BCUT2D eigenvalue weighted by atomic mass is 16.5. The van der Waals surface area contributed by atoms with Crippen LogP contribution in [0, 0.1) is 23.7 Å². The zero-order chi connectivity index (χ0) is 15.0. The molecule has 0 radical (unpaired) electrons. The Morgan fingerprint density at radius 1 is 0.857 bits per heavy atom. The molecule has 2 fully saturated rings. The minimum absolute atomic E-state index is 0.158. The normalized spacial score (nSPS) is 35.0. The molecular formula is C17H24O4. The van der Waals surface area contributed by atoms with E-state index in [2.05, 4.69) is 0 Å². The van der Waals surface area contributed by atoms with Gasteiger partial charge in [0.2, 0.25) is 0 Å². The number of hydrogen-bond acceptors (Lipinski definition) is 4. The third-order valence-corrected chi connectivity index (χ3v) is 5.72. The molecule has 4 atom stereocenters. The van der Waals surface area contributed by atoms with Gasteiger partial charge >= 0.3 is 11.9 Å². The lowest BCUT2D eigenvalue weighted by atomic mass is 9.81. The second kappa shape index (κ2) is 5.82. The maximum Gasteiger partial charge on any atom is 0.309 e. The molecule has 3 aliphatic rings. The Labute approximate surface area is 125 Å². The van der Waals surface area contributed by atoms with Gasteiger partial charge in [0.05, 0.1) is 26.1 Å². The molecule has 4 heteroatoms. The van der Waals surface area contributed by atoms with E-state index in [4.69, 9.17) is 9.47 Å². The second-order valence-electron chi connectivity index (χ2n) is 6.54. The first kappa shape index (κ1) is 14.6. The van der Waals surface area contributed by atoms with Crippen molar-refractivity contribution in [2.75, 3.05) is 14.2 Å². The molecule has 0 unspecified atom stereocenters. The zero-order valence-corrected chi connectivity index (χ0v) is 12.9. The van der Waals surface area contributed by atoms with Crippen molar-refractivity contribution >= 4 is 11.9 Å². The Morgan fingerprint density at radius 3 is 1.67 bits per heavy atom. The fraction of sp³-hybridized carbons (Fsp3) is 0.765. The first-order valence-corrected chi connectivity index (χ1v) is 8.04. The lowest BCUT2D eigenvalue weighted by Gasteiger charge is -2.24. The fourth-order valence-corrected chi connectivity index (χ4v) is 4.86. The molecule has 0 aromatic carbocycles. The molecule has 2 saturated carbocycles. The largest absolute Gasteiger partial charge is 0.469 e. The zero-order valence-electron chi connectivity index (χ0n) is 12.9. The van der Waals surface area contributed by atoms with Crippen molar-refractivity contribution < 1.29 is 19.1 Å². The number of carbonyl (C=O) groups is 2. The van der Waals surface area contributed by atoms with Crippen LogP contribution in [0.2, 0.25) is 0 Å².